The van der Waals surface area contributed by atoms with Crippen molar-refractivity contribution in [1.29, 1.82) is 0 Å². The number of esters is 1. The third-order valence-corrected chi connectivity index (χ3v) is 2.32. The van der Waals surface area contributed by atoms with E-state index in [1.165, 1.54) is 0 Å². The Bertz CT molecular complexity index is 403. The highest BCUT2D eigenvalue weighted by molar-refractivity contribution is 5.75. The van der Waals surface area contributed by atoms with Gasteiger partial charge in [0.2, 0.25) is 0 Å². The molecule has 0 aliphatic rings. The summed E-state index contributed by atoms with van der Waals surface area (Å²) in [5, 5.41) is 5.24. The second-order valence-electron chi connectivity index (χ2n) is 3.67. The zero-order chi connectivity index (χ0) is 13.8. The second-order valence-corrected chi connectivity index (χ2v) is 3.67. The van der Waals surface area contributed by atoms with Crippen LogP contribution in [-0.2, 0) is 22.1 Å². The maximum atomic E-state index is 12.5. The third-order valence-electron chi connectivity index (χ3n) is 2.32. The zero-order valence-corrected chi connectivity index (χ0v) is 9.75. The maximum absolute atomic E-state index is 12.5. The number of alkyl halides is 3. The van der Waals surface area contributed by atoms with Crippen molar-refractivity contribution in [2.75, 3.05) is 6.61 Å². The van der Waals surface area contributed by atoms with Crippen LogP contribution in [0.2, 0.25) is 0 Å². The quantitative estimate of drug-likeness (QED) is 0.785. The normalized spacial score (nSPS) is 13.4. The Labute approximate surface area is 101 Å². The van der Waals surface area contributed by atoms with Crippen LogP contribution in [0, 0.1) is 0 Å². The molecule has 3 N–H and O–H groups in total. The number of aromatic nitrogens is 2. The van der Waals surface area contributed by atoms with Gasteiger partial charge in [-0.1, -0.05) is 0 Å². The molecule has 1 rings (SSSR count). The van der Waals surface area contributed by atoms with Gasteiger partial charge >= 0.3 is 12.1 Å². The minimum Gasteiger partial charge on any atom is -0.465 e. The highest BCUT2D eigenvalue weighted by Crippen LogP contribution is 2.30. The van der Waals surface area contributed by atoms with Crippen LogP contribution in [0.5, 0.6) is 0 Å². The number of ether oxygens (including phenoxy) is 1. The number of halogens is 3. The van der Waals surface area contributed by atoms with E-state index in [-0.39, 0.29) is 25.0 Å². The summed E-state index contributed by atoms with van der Waals surface area (Å²) in [4.78, 5) is 11.2. The van der Waals surface area contributed by atoms with E-state index < -0.39 is 23.9 Å². The number of nitrogens with zero attached hydrogens (tertiary/aromatic N) is 1. The first kappa shape index (κ1) is 14.5. The molecule has 1 atom stereocenters. The van der Waals surface area contributed by atoms with Crippen molar-refractivity contribution in [1.82, 2.24) is 10.2 Å². The molecule has 1 unspecified atom stereocenters. The zero-order valence-electron chi connectivity index (χ0n) is 9.75. The number of rotatable bonds is 5. The summed E-state index contributed by atoms with van der Waals surface area (Å²) in [7, 11) is 0. The Morgan fingerprint density at radius 2 is 2.28 bits per heavy atom. The van der Waals surface area contributed by atoms with Gasteiger partial charge in [0.15, 0.2) is 0 Å². The van der Waals surface area contributed by atoms with Crippen LogP contribution in [0.3, 0.4) is 0 Å². The molecule has 0 fully saturated rings. The van der Waals surface area contributed by atoms with Crippen molar-refractivity contribution in [3.8, 4) is 0 Å². The van der Waals surface area contributed by atoms with Crippen molar-refractivity contribution < 1.29 is 22.7 Å². The Morgan fingerprint density at radius 1 is 1.61 bits per heavy atom. The molecule has 0 aliphatic carbocycles. The van der Waals surface area contributed by atoms with Crippen LogP contribution in [0.4, 0.5) is 13.2 Å². The van der Waals surface area contributed by atoms with Gasteiger partial charge in [-0.3, -0.25) is 9.89 Å². The second kappa shape index (κ2) is 5.85. The summed E-state index contributed by atoms with van der Waals surface area (Å²) in [6, 6.07) is -0.930. The number of nitrogens with one attached hydrogen (secondary N) is 1. The van der Waals surface area contributed by atoms with E-state index in [1.807, 2.05) is 5.10 Å². The van der Waals surface area contributed by atoms with Gasteiger partial charge < -0.3 is 10.5 Å². The first-order valence-corrected chi connectivity index (χ1v) is 5.38. The lowest BCUT2D eigenvalue weighted by atomic mass is 10.1. The number of H-pyrrole nitrogens is 1. The lowest BCUT2D eigenvalue weighted by Crippen LogP contribution is -2.32. The fourth-order valence-corrected chi connectivity index (χ4v) is 1.42. The van der Waals surface area contributed by atoms with Crippen LogP contribution in [0.1, 0.15) is 24.6 Å². The molecule has 1 aromatic rings. The lowest BCUT2D eigenvalue weighted by Gasteiger charge is -2.11. The van der Waals surface area contributed by atoms with Crippen LogP contribution < -0.4 is 5.73 Å². The average Bonchev–Trinajstić information content (AvgIpc) is 2.74. The molecule has 8 heteroatoms. The highest BCUT2D eigenvalue weighted by atomic mass is 19.4. The monoisotopic (exact) mass is 265 g/mol. The molecule has 5 nitrogen and oxygen atoms in total. The largest absolute Gasteiger partial charge is 0.465 e. The Kier molecular flexibility index (Phi) is 4.71. The molecule has 0 aromatic carbocycles. The molecule has 0 spiro atoms. The molecule has 102 valence electrons. The van der Waals surface area contributed by atoms with Crippen LogP contribution >= 0.6 is 0 Å². The van der Waals surface area contributed by atoms with Crippen molar-refractivity contribution in [2.45, 2.75) is 32.0 Å². The topological polar surface area (TPSA) is 81.0 Å². The van der Waals surface area contributed by atoms with E-state index in [9.17, 15) is 18.0 Å². The Morgan fingerprint density at radius 3 is 2.83 bits per heavy atom. The molecule has 18 heavy (non-hydrogen) atoms. The molecular formula is C10H14F3N3O2. The number of hydrogen-bond donors (Lipinski definition) is 2. The third kappa shape index (κ3) is 3.73. The molecule has 0 bridgehead atoms. The summed E-state index contributed by atoms with van der Waals surface area (Å²) >= 11 is 0. The smallest absolute Gasteiger partial charge is 0.433 e. The van der Waals surface area contributed by atoms with E-state index in [2.05, 4.69) is 9.84 Å². The van der Waals surface area contributed by atoms with E-state index >= 15 is 0 Å². The van der Waals surface area contributed by atoms with Crippen LogP contribution in [0.15, 0.2) is 6.20 Å². The van der Waals surface area contributed by atoms with Gasteiger partial charge in [-0.15, -0.1) is 0 Å². The van der Waals surface area contributed by atoms with E-state index in [4.69, 9.17) is 5.73 Å². The number of aromatic amines is 1. The fraction of sp³-hybridized carbons (Fsp3) is 0.600. The van der Waals surface area contributed by atoms with Gasteiger partial charge in [0, 0.05) is 5.56 Å². The molecule has 0 aliphatic heterocycles. The summed E-state index contributed by atoms with van der Waals surface area (Å²) in [5.74, 6) is -0.616. The van der Waals surface area contributed by atoms with E-state index in [0.29, 0.717) is 0 Å². The molecular weight excluding hydrogens is 251 g/mol. The summed E-state index contributed by atoms with van der Waals surface area (Å²) in [5.41, 5.74) is 4.58. The molecule has 1 aromatic heterocycles. The SMILES string of the molecule is CCOC(=O)C(N)CCc1cn[nH]c1C(F)(F)F. The average molecular weight is 265 g/mol. The minimum atomic E-state index is -4.49. The van der Waals surface area contributed by atoms with Crippen molar-refractivity contribution in [2.24, 2.45) is 5.73 Å². The maximum Gasteiger partial charge on any atom is 0.433 e. The van der Waals surface area contributed by atoms with Gasteiger partial charge in [0.25, 0.3) is 0 Å². The van der Waals surface area contributed by atoms with Crippen molar-refractivity contribution in [3.63, 3.8) is 0 Å². The molecule has 1 heterocycles. The number of nitrogens with two attached hydrogens (primary N) is 1. The molecule has 0 amide bonds. The van der Waals surface area contributed by atoms with Gasteiger partial charge in [-0.2, -0.15) is 18.3 Å². The van der Waals surface area contributed by atoms with E-state index in [0.717, 1.165) is 6.20 Å². The first-order chi connectivity index (χ1) is 8.36. The summed E-state index contributed by atoms with van der Waals surface area (Å²) in [6.45, 7) is 1.81. The van der Waals surface area contributed by atoms with Crippen molar-refractivity contribution >= 4 is 5.97 Å². The Hall–Kier alpha value is -1.57. The van der Waals surface area contributed by atoms with Gasteiger partial charge in [-0.25, -0.2) is 0 Å². The van der Waals surface area contributed by atoms with Gasteiger partial charge in [0.05, 0.1) is 12.8 Å². The molecule has 0 radical (unpaired) electrons. The first-order valence-electron chi connectivity index (χ1n) is 5.38. The van der Waals surface area contributed by atoms with Crippen LogP contribution in [-0.4, -0.2) is 28.8 Å². The van der Waals surface area contributed by atoms with E-state index in [1.54, 1.807) is 6.92 Å². The summed E-state index contributed by atoms with van der Waals surface area (Å²) in [6.07, 6.45) is -3.33. The number of carbonyl (C=O) groups excluding carboxylic acids is 1. The van der Waals surface area contributed by atoms with Crippen molar-refractivity contribution in [3.05, 3.63) is 17.5 Å². The number of hydrogen-bond acceptors (Lipinski definition) is 4. The molecule has 0 saturated heterocycles. The predicted octanol–water partition coefficient (Wildman–Crippen LogP) is 1.25. The standard InChI is InChI=1S/C10H14F3N3O2/c1-2-18-9(17)7(14)4-3-6-5-15-16-8(6)10(11,12)13/h5,7H,2-4,14H2,1H3,(H,15,16). The predicted molar refractivity (Wildman–Crippen MR) is 56.5 cm³/mol. The fourth-order valence-electron chi connectivity index (χ4n) is 1.42. The number of aryl methyl sites for hydroxylation is 1. The van der Waals surface area contributed by atoms with Crippen LogP contribution in [0.25, 0.3) is 0 Å². The highest BCUT2D eigenvalue weighted by Gasteiger charge is 2.35. The summed E-state index contributed by atoms with van der Waals surface area (Å²) < 4.78 is 42.1. The van der Waals surface area contributed by atoms with Gasteiger partial charge in [0.1, 0.15) is 11.7 Å². The van der Waals surface area contributed by atoms with Gasteiger partial charge in [-0.05, 0) is 19.8 Å². The Balaban J connectivity index is 2.59. The molecule has 0 saturated carbocycles. The number of carbonyl (C=O) groups is 1. The lowest BCUT2D eigenvalue weighted by molar-refractivity contribution is -0.144. The minimum absolute atomic E-state index is 0.00528.